The summed E-state index contributed by atoms with van der Waals surface area (Å²) in [7, 11) is 0. The van der Waals surface area contributed by atoms with Crippen molar-refractivity contribution in [2.45, 2.75) is 13.3 Å². The minimum atomic E-state index is -1.12. The fraction of sp³-hybridized carbons (Fsp3) is 0.273. The summed E-state index contributed by atoms with van der Waals surface area (Å²) in [6.45, 7) is 1.85. The molecule has 0 heterocycles. The van der Waals surface area contributed by atoms with Gasteiger partial charge in [0.05, 0.1) is 18.6 Å². The van der Waals surface area contributed by atoms with Crippen LogP contribution in [0, 0.1) is 5.82 Å². The highest BCUT2D eigenvalue weighted by atomic mass is 19.1. The summed E-state index contributed by atoms with van der Waals surface area (Å²) >= 11 is 0. The van der Waals surface area contributed by atoms with Crippen molar-refractivity contribution >= 4 is 11.9 Å². The average molecular weight is 226 g/mol. The highest BCUT2D eigenvalue weighted by molar-refractivity contribution is 5.89. The van der Waals surface area contributed by atoms with Crippen molar-refractivity contribution in [2.24, 2.45) is 0 Å². The van der Waals surface area contributed by atoms with E-state index in [0.717, 1.165) is 6.07 Å². The van der Waals surface area contributed by atoms with Crippen LogP contribution in [0.5, 0.6) is 0 Å². The van der Waals surface area contributed by atoms with E-state index in [4.69, 9.17) is 5.11 Å². The molecule has 0 aliphatic carbocycles. The zero-order valence-electron chi connectivity index (χ0n) is 8.70. The number of carbonyl (C=O) groups excluding carboxylic acids is 1. The lowest BCUT2D eigenvalue weighted by Gasteiger charge is -2.04. The molecular formula is C11H11FO4. The van der Waals surface area contributed by atoms with Crippen molar-refractivity contribution < 1.29 is 23.8 Å². The van der Waals surface area contributed by atoms with E-state index in [2.05, 4.69) is 4.74 Å². The number of halogens is 1. The van der Waals surface area contributed by atoms with E-state index in [1.165, 1.54) is 12.1 Å². The van der Waals surface area contributed by atoms with Crippen molar-refractivity contribution in [3.05, 3.63) is 35.1 Å². The van der Waals surface area contributed by atoms with Crippen molar-refractivity contribution in [1.29, 1.82) is 0 Å². The van der Waals surface area contributed by atoms with Crippen LogP contribution in [0.4, 0.5) is 4.39 Å². The van der Waals surface area contributed by atoms with E-state index in [9.17, 15) is 14.0 Å². The Morgan fingerprint density at radius 1 is 1.44 bits per heavy atom. The van der Waals surface area contributed by atoms with E-state index in [1.54, 1.807) is 6.92 Å². The Morgan fingerprint density at radius 3 is 2.62 bits per heavy atom. The summed E-state index contributed by atoms with van der Waals surface area (Å²) in [6, 6.07) is 3.60. The van der Waals surface area contributed by atoms with E-state index in [0.29, 0.717) is 0 Å². The number of carboxylic acid groups (broad SMARTS) is 1. The maximum Gasteiger partial charge on any atom is 0.338 e. The lowest BCUT2D eigenvalue weighted by Crippen LogP contribution is -2.07. The molecule has 0 aliphatic rings. The summed E-state index contributed by atoms with van der Waals surface area (Å²) in [5.41, 5.74) is 0.119. The third-order valence-electron chi connectivity index (χ3n) is 1.91. The van der Waals surface area contributed by atoms with E-state index >= 15 is 0 Å². The molecule has 0 radical (unpaired) electrons. The molecule has 0 spiro atoms. The second-order valence-corrected chi connectivity index (χ2v) is 3.10. The third-order valence-corrected chi connectivity index (χ3v) is 1.91. The number of carboxylic acids is 1. The van der Waals surface area contributed by atoms with Crippen molar-refractivity contribution in [3.63, 3.8) is 0 Å². The Hall–Kier alpha value is -1.91. The zero-order chi connectivity index (χ0) is 12.1. The maximum atomic E-state index is 13.3. The molecule has 0 saturated heterocycles. The molecule has 0 unspecified atom stereocenters. The molecule has 5 heteroatoms. The van der Waals surface area contributed by atoms with Crippen LogP contribution in [0.3, 0.4) is 0 Å². The second-order valence-electron chi connectivity index (χ2n) is 3.10. The second kappa shape index (κ2) is 5.25. The van der Waals surface area contributed by atoms with Crippen LogP contribution in [0.15, 0.2) is 18.2 Å². The molecule has 1 rings (SSSR count). The van der Waals surface area contributed by atoms with Gasteiger partial charge < -0.3 is 9.84 Å². The first-order valence-corrected chi connectivity index (χ1v) is 4.72. The van der Waals surface area contributed by atoms with Crippen LogP contribution in [0.1, 0.15) is 22.8 Å². The van der Waals surface area contributed by atoms with E-state index in [1.807, 2.05) is 0 Å². The third kappa shape index (κ3) is 3.05. The van der Waals surface area contributed by atoms with Gasteiger partial charge in [-0.05, 0) is 24.6 Å². The average Bonchev–Trinajstić information content (AvgIpc) is 2.20. The molecule has 0 aliphatic heterocycles. The van der Waals surface area contributed by atoms with Gasteiger partial charge in [-0.3, -0.25) is 4.79 Å². The molecule has 0 bridgehead atoms. The molecule has 0 fully saturated rings. The highest BCUT2D eigenvalue weighted by Gasteiger charge is 2.12. The number of benzene rings is 1. The van der Waals surface area contributed by atoms with Gasteiger partial charge in [-0.1, -0.05) is 6.07 Å². The number of hydrogen-bond acceptors (Lipinski definition) is 3. The van der Waals surface area contributed by atoms with Gasteiger partial charge >= 0.3 is 11.9 Å². The summed E-state index contributed by atoms with van der Waals surface area (Å²) in [4.78, 5) is 21.6. The molecule has 1 aromatic carbocycles. The van der Waals surface area contributed by atoms with Crippen LogP contribution in [-0.4, -0.2) is 23.7 Å². The van der Waals surface area contributed by atoms with Crippen LogP contribution < -0.4 is 0 Å². The summed E-state index contributed by atoms with van der Waals surface area (Å²) in [5, 5.41) is 8.50. The number of carbonyl (C=O) groups is 2. The van der Waals surface area contributed by atoms with Crippen LogP contribution >= 0.6 is 0 Å². The molecule has 0 atom stereocenters. The molecule has 1 aromatic rings. The Kier molecular flexibility index (Phi) is 3.99. The largest absolute Gasteiger partial charge is 0.481 e. The number of esters is 1. The normalized spacial score (nSPS) is 9.88. The first-order chi connectivity index (χ1) is 7.54. The Bertz CT molecular complexity index is 414. The number of hydrogen-bond donors (Lipinski definition) is 1. The van der Waals surface area contributed by atoms with Crippen LogP contribution in [0.25, 0.3) is 0 Å². The lowest BCUT2D eigenvalue weighted by atomic mass is 10.1. The van der Waals surface area contributed by atoms with Crippen molar-refractivity contribution in [1.82, 2.24) is 0 Å². The monoisotopic (exact) mass is 226 g/mol. The molecule has 0 saturated carbocycles. The van der Waals surface area contributed by atoms with Crippen LogP contribution in [0.2, 0.25) is 0 Å². The molecule has 86 valence electrons. The molecule has 4 nitrogen and oxygen atoms in total. The zero-order valence-corrected chi connectivity index (χ0v) is 8.70. The van der Waals surface area contributed by atoms with Crippen molar-refractivity contribution in [3.8, 4) is 0 Å². The minimum Gasteiger partial charge on any atom is -0.481 e. The SMILES string of the molecule is CCOC(=O)c1ccc(CC(=O)O)c(F)c1. The van der Waals surface area contributed by atoms with Gasteiger partial charge in [0.1, 0.15) is 5.82 Å². The van der Waals surface area contributed by atoms with Gasteiger partial charge in [-0.15, -0.1) is 0 Å². The number of rotatable bonds is 4. The minimum absolute atomic E-state index is 0.0422. The number of aliphatic carboxylic acids is 1. The molecule has 1 N–H and O–H groups in total. The summed E-state index contributed by atoms with van der Waals surface area (Å²) < 4.78 is 18.0. The summed E-state index contributed by atoms with van der Waals surface area (Å²) in [6.07, 6.45) is -0.408. The molecule has 0 amide bonds. The van der Waals surface area contributed by atoms with Gasteiger partial charge in [0.25, 0.3) is 0 Å². The van der Waals surface area contributed by atoms with Gasteiger partial charge in [-0.2, -0.15) is 0 Å². The predicted molar refractivity (Wildman–Crippen MR) is 53.7 cm³/mol. The van der Waals surface area contributed by atoms with Gasteiger partial charge in [0.2, 0.25) is 0 Å². The molecule has 0 aromatic heterocycles. The van der Waals surface area contributed by atoms with Gasteiger partial charge in [-0.25, -0.2) is 9.18 Å². The highest BCUT2D eigenvalue weighted by Crippen LogP contribution is 2.12. The number of ether oxygens (including phenoxy) is 1. The quantitative estimate of drug-likeness (QED) is 0.792. The molecular weight excluding hydrogens is 215 g/mol. The van der Waals surface area contributed by atoms with E-state index < -0.39 is 24.2 Å². The van der Waals surface area contributed by atoms with Gasteiger partial charge in [0.15, 0.2) is 0 Å². The maximum absolute atomic E-state index is 13.3. The van der Waals surface area contributed by atoms with Crippen LogP contribution in [-0.2, 0) is 16.0 Å². The van der Waals surface area contributed by atoms with Crippen molar-refractivity contribution in [2.75, 3.05) is 6.61 Å². The van der Waals surface area contributed by atoms with E-state index in [-0.39, 0.29) is 17.7 Å². The fourth-order valence-corrected chi connectivity index (χ4v) is 1.19. The standard InChI is InChI=1S/C11H11FO4/c1-2-16-11(15)8-4-3-7(6-10(13)14)9(12)5-8/h3-5H,2,6H2,1H3,(H,13,14). The van der Waals surface area contributed by atoms with Gasteiger partial charge in [0, 0.05) is 0 Å². The Labute approximate surface area is 91.7 Å². The lowest BCUT2D eigenvalue weighted by molar-refractivity contribution is -0.136. The molecule has 16 heavy (non-hydrogen) atoms. The predicted octanol–water partition coefficient (Wildman–Crippen LogP) is 1.63. The Morgan fingerprint density at radius 2 is 2.12 bits per heavy atom. The topological polar surface area (TPSA) is 63.6 Å². The fourth-order valence-electron chi connectivity index (χ4n) is 1.19. The summed E-state index contributed by atoms with van der Waals surface area (Å²) in [5.74, 6) is -2.46. The smallest absolute Gasteiger partial charge is 0.338 e. The first kappa shape index (κ1) is 12.2. The first-order valence-electron chi connectivity index (χ1n) is 4.72. The Balaban J connectivity index is 2.90.